The number of piperidine rings is 1. The zero-order valence-corrected chi connectivity index (χ0v) is 18.2. The van der Waals surface area contributed by atoms with Crippen molar-refractivity contribution in [1.82, 2.24) is 9.80 Å². The van der Waals surface area contributed by atoms with E-state index in [0.29, 0.717) is 43.2 Å². The van der Waals surface area contributed by atoms with E-state index in [4.69, 9.17) is 4.74 Å². The molecular weight excluding hydrogens is 410 g/mol. The van der Waals surface area contributed by atoms with Crippen molar-refractivity contribution in [2.24, 2.45) is 11.8 Å². The summed E-state index contributed by atoms with van der Waals surface area (Å²) in [4.78, 5) is 42.0. The quantitative estimate of drug-likeness (QED) is 0.680. The first-order valence-corrected chi connectivity index (χ1v) is 11.4. The Hall–Kier alpha value is -2.71. The number of para-hydroxylation sites is 1. The Balaban J connectivity index is 1.41. The van der Waals surface area contributed by atoms with Crippen LogP contribution in [0.4, 0.5) is 5.69 Å². The van der Waals surface area contributed by atoms with Gasteiger partial charge in [0.05, 0.1) is 36.3 Å². The first-order chi connectivity index (χ1) is 15.5. The van der Waals surface area contributed by atoms with Crippen molar-refractivity contribution in [3.05, 3.63) is 42.0 Å². The standard InChI is InChI=1S/C24H31N3O5/c28-22(18-5-1-2-6-19(18)24(30)31)25-21-8-4-3-7-20(21)23(29)27-11-9-17(10-12-27)26-13-15-32-16-14-26/h1-4,7-8,17-19H,5-6,9-16H2,(H,25,28)(H,30,31)/t18-,19+/m0/s1. The Morgan fingerprint density at radius 2 is 1.59 bits per heavy atom. The number of carboxylic acids is 1. The van der Waals surface area contributed by atoms with E-state index in [9.17, 15) is 19.5 Å². The van der Waals surface area contributed by atoms with Gasteiger partial charge in [0, 0.05) is 32.2 Å². The van der Waals surface area contributed by atoms with E-state index >= 15 is 0 Å². The molecule has 2 atom stereocenters. The predicted octanol–water partition coefficient (Wildman–Crippen LogP) is 2.23. The highest BCUT2D eigenvalue weighted by atomic mass is 16.5. The zero-order valence-electron chi connectivity index (χ0n) is 18.2. The first-order valence-electron chi connectivity index (χ1n) is 11.4. The number of ether oxygens (including phenoxy) is 1. The number of morpholine rings is 1. The van der Waals surface area contributed by atoms with Crippen molar-refractivity contribution >= 4 is 23.5 Å². The van der Waals surface area contributed by atoms with Crippen LogP contribution in [0.25, 0.3) is 0 Å². The van der Waals surface area contributed by atoms with Gasteiger partial charge in [0.15, 0.2) is 0 Å². The van der Waals surface area contributed by atoms with Crippen LogP contribution in [-0.2, 0) is 14.3 Å². The van der Waals surface area contributed by atoms with E-state index in [2.05, 4.69) is 10.2 Å². The molecular formula is C24H31N3O5. The third-order valence-electron chi connectivity index (χ3n) is 6.82. The number of aliphatic carboxylic acids is 1. The maximum atomic E-state index is 13.3. The number of amides is 2. The monoisotopic (exact) mass is 441 g/mol. The molecule has 8 nitrogen and oxygen atoms in total. The van der Waals surface area contributed by atoms with Gasteiger partial charge in [-0.25, -0.2) is 0 Å². The molecule has 4 rings (SSSR count). The van der Waals surface area contributed by atoms with Crippen LogP contribution in [0.2, 0.25) is 0 Å². The molecule has 2 heterocycles. The lowest BCUT2D eigenvalue weighted by atomic mass is 9.82. The van der Waals surface area contributed by atoms with E-state index in [0.717, 1.165) is 39.1 Å². The summed E-state index contributed by atoms with van der Waals surface area (Å²) >= 11 is 0. The van der Waals surface area contributed by atoms with Crippen LogP contribution in [-0.4, -0.2) is 78.1 Å². The van der Waals surface area contributed by atoms with E-state index in [1.165, 1.54) is 0 Å². The molecule has 2 aliphatic heterocycles. The van der Waals surface area contributed by atoms with Crippen LogP contribution in [0, 0.1) is 11.8 Å². The van der Waals surface area contributed by atoms with Gasteiger partial charge >= 0.3 is 5.97 Å². The third-order valence-corrected chi connectivity index (χ3v) is 6.82. The van der Waals surface area contributed by atoms with Crippen molar-refractivity contribution in [2.45, 2.75) is 31.7 Å². The molecule has 0 spiro atoms. The van der Waals surface area contributed by atoms with E-state index < -0.39 is 17.8 Å². The first kappa shape index (κ1) is 22.5. The number of nitrogens with one attached hydrogen (secondary N) is 1. The van der Waals surface area contributed by atoms with E-state index in [1.54, 1.807) is 30.3 Å². The van der Waals surface area contributed by atoms with Crippen molar-refractivity contribution in [2.75, 3.05) is 44.7 Å². The summed E-state index contributed by atoms with van der Waals surface area (Å²) in [7, 11) is 0. The number of hydrogen-bond acceptors (Lipinski definition) is 5. The number of carboxylic acid groups (broad SMARTS) is 1. The number of carbonyl (C=O) groups excluding carboxylic acids is 2. The van der Waals surface area contributed by atoms with Crippen molar-refractivity contribution < 1.29 is 24.2 Å². The molecule has 0 bridgehead atoms. The van der Waals surface area contributed by atoms with E-state index in [1.807, 2.05) is 11.0 Å². The fourth-order valence-electron chi connectivity index (χ4n) is 4.93. The average molecular weight is 442 g/mol. The third kappa shape index (κ3) is 5.02. The zero-order chi connectivity index (χ0) is 22.5. The highest BCUT2D eigenvalue weighted by Crippen LogP contribution is 2.28. The number of allylic oxidation sites excluding steroid dienone is 2. The van der Waals surface area contributed by atoms with Crippen LogP contribution in [0.5, 0.6) is 0 Å². The average Bonchev–Trinajstić information content (AvgIpc) is 2.84. The summed E-state index contributed by atoms with van der Waals surface area (Å²) in [5.74, 6) is -2.82. The molecule has 2 amide bonds. The van der Waals surface area contributed by atoms with Gasteiger partial charge < -0.3 is 20.1 Å². The van der Waals surface area contributed by atoms with Crippen LogP contribution in [0.1, 0.15) is 36.0 Å². The minimum absolute atomic E-state index is 0.0975. The van der Waals surface area contributed by atoms with Crippen LogP contribution in [0.15, 0.2) is 36.4 Å². The topological polar surface area (TPSA) is 99.2 Å². The molecule has 172 valence electrons. The molecule has 3 aliphatic rings. The molecule has 2 saturated heterocycles. The SMILES string of the molecule is O=C(Nc1ccccc1C(=O)N1CCC(N2CCOCC2)CC1)[C@H]1CC=CC[C@H]1C(=O)O. The second-order valence-electron chi connectivity index (χ2n) is 8.70. The molecule has 1 aromatic carbocycles. The van der Waals surface area contributed by atoms with Crippen molar-refractivity contribution in [3.8, 4) is 0 Å². The number of nitrogens with zero attached hydrogens (tertiary/aromatic N) is 2. The predicted molar refractivity (Wildman–Crippen MR) is 119 cm³/mol. The highest BCUT2D eigenvalue weighted by Gasteiger charge is 2.35. The van der Waals surface area contributed by atoms with Gasteiger partial charge in [-0.2, -0.15) is 0 Å². The second kappa shape index (κ2) is 10.3. The molecule has 8 heteroatoms. The maximum absolute atomic E-state index is 13.3. The second-order valence-corrected chi connectivity index (χ2v) is 8.70. The molecule has 0 unspecified atom stereocenters. The lowest BCUT2D eigenvalue weighted by molar-refractivity contribution is -0.146. The largest absolute Gasteiger partial charge is 0.481 e. The molecule has 2 fully saturated rings. The molecule has 1 aliphatic carbocycles. The van der Waals surface area contributed by atoms with Gasteiger partial charge in [-0.05, 0) is 37.8 Å². The van der Waals surface area contributed by atoms with Crippen LogP contribution < -0.4 is 5.32 Å². The number of anilines is 1. The summed E-state index contributed by atoms with van der Waals surface area (Å²) in [6, 6.07) is 7.46. The maximum Gasteiger partial charge on any atom is 0.307 e. The molecule has 2 N–H and O–H groups in total. The Morgan fingerprint density at radius 3 is 2.28 bits per heavy atom. The summed E-state index contributed by atoms with van der Waals surface area (Å²) in [6.07, 6.45) is 6.23. The summed E-state index contributed by atoms with van der Waals surface area (Å²) < 4.78 is 5.44. The lowest BCUT2D eigenvalue weighted by Crippen LogP contribution is -2.50. The van der Waals surface area contributed by atoms with Gasteiger partial charge in [0.25, 0.3) is 5.91 Å². The van der Waals surface area contributed by atoms with Gasteiger partial charge in [-0.1, -0.05) is 24.3 Å². The van der Waals surface area contributed by atoms with Gasteiger partial charge in [-0.3, -0.25) is 19.3 Å². The number of carbonyl (C=O) groups is 3. The van der Waals surface area contributed by atoms with Crippen LogP contribution in [0.3, 0.4) is 0 Å². The Bertz CT molecular complexity index is 872. The number of likely N-dealkylation sites (tertiary alicyclic amines) is 1. The highest BCUT2D eigenvalue weighted by molar-refractivity contribution is 6.04. The lowest BCUT2D eigenvalue weighted by Gasteiger charge is -2.40. The molecule has 0 saturated carbocycles. The fourth-order valence-corrected chi connectivity index (χ4v) is 4.93. The summed E-state index contributed by atoms with van der Waals surface area (Å²) in [5, 5.41) is 12.3. The Morgan fingerprint density at radius 1 is 0.938 bits per heavy atom. The van der Waals surface area contributed by atoms with Gasteiger partial charge in [0.2, 0.25) is 5.91 Å². The van der Waals surface area contributed by atoms with Crippen LogP contribution >= 0.6 is 0 Å². The number of rotatable bonds is 5. The molecule has 1 aromatic rings. The fraction of sp³-hybridized carbons (Fsp3) is 0.542. The number of hydrogen-bond donors (Lipinski definition) is 2. The number of benzene rings is 1. The minimum Gasteiger partial charge on any atom is -0.481 e. The van der Waals surface area contributed by atoms with Crippen molar-refractivity contribution in [3.63, 3.8) is 0 Å². The minimum atomic E-state index is -0.970. The molecule has 32 heavy (non-hydrogen) atoms. The molecule has 0 radical (unpaired) electrons. The smallest absolute Gasteiger partial charge is 0.307 e. The normalized spacial score (nSPS) is 24.8. The van der Waals surface area contributed by atoms with Crippen molar-refractivity contribution in [1.29, 1.82) is 0 Å². The van der Waals surface area contributed by atoms with Gasteiger partial charge in [-0.15, -0.1) is 0 Å². The Kier molecular flexibility index (Phi) is 7.22. The summed E-state index contributed by atoms with van der Waals surface area (Å²) in [6.45, 7) is 4.79. The molecule has 0 aromatic heterocycles. The summed E-state index contributed by atoms with van der Waals surface area (Å²) in [5.41, 5.74) is 0.889. The Labute approximate surface area is 188 Å². The van der Waals surface area contributed by atoms with E-state index in [-0.39, 0.29) is 11.8 Å². The van der Waals surface area contributed by atoms with Gasteiger partial charge in [0.1, 0.15) is 0 Å².